The Balaban J connectivity index is 1.95. The number of ether oxygens (including phenoxy) is 1. The van der Waals surface area contributed by atoms with E-state index < -0.39 is 0 Å². The first-order chi connectivity index (χ1) is 12.7. The summed E-state index contributed by atoms with van der Waals surface area (Å²) >= 11 is 0. The third kappa shape index (κ3) is 3.98. The van der Waals surface area contributed by atoms with E-state index in [9.17, 15) is 10.1 Å². The molecular formula is C21H19N3O2. The van der Waals surface area contributed by atoms with Crippen LogP contribution in [0.3, 0.4) is 0 Å². The van der Waals surface area contributed by atoms with Gasteiger partial charge in [-0.15, -0.1) is 0 Å². The molecule has 0 fully saturated rings. The maximum absolute atomic E-state index is 12.2. The van der Waals surface area contributed by atoms with E-state index >= 15 is 0 Å². The van der Waals surface area contributed by atoms with E-state index in [2.05, 4.69) is 23.0 Å². The molecule has 5 heteroatoms. The summed E-state index contributed by atoms with van der Waals surface area (Å²) in [6, 6.07) is 16.7. The van der Waals surface area contributed by atoms with Crippen molar-refractivity contribution in [1.82, 2.24) is 9.97 Å². The molecule has 26 heavy (non-hydrogen) atoms. The van der Waals surface area contributed by atoms with E-state index in [1.807, 2.05) is 30.3 Å². The Labute approximate surface area is 151 Å². The highest BCUT2D eigenvalue weighted by molar-refractivity contribution is 5.89. The SMILES string of the molecule is CCCCOc1cccc(/C=C(/C#N)c2nc3ccccc3c(=O)[nH]2)c1. The Morgan fingerprint density at radius 1 is 1.27 bits per heavy atom. The van der Waals surface area contributed by atoms with E-state index in [-0.39, 0.29) is 11.4 Å². The number of benzene rings is 2. The second-order valence-corrected chi connectivity index (χ2v) is 5.88. The van der Waals surface area contributed by atoms with Gasteiger partial charge in [-0.05, 0) is 42.3 Å². The fourth-order valence-corrected chi connectivity index (χ4v) is 2.56. The molecule has 0 bridgehead atoms. The summed E-state index contributed by atoms with van der Waals surface area (Å²) in [4.78, 5) is 19.3. The van der Waals surface area contributed by atoms with Gasteiger partial charge in [-0.1, -0.05) is 37.6 Å². The van der Waals surface area contributed by atoms with Crippen LogP contribution < -0.4 is 10.3 Å². The minimum Gasteiger partial charge on any atom is -0.494 e. The zero-order valence-corrected chi connectivity index (χ0v) is 14.5. The average molecular weight is 345 g/mol. The Morgan fingerprint density at radius 3 is 2.92 bits per heavy atom. The van der Waals surface area contributed by atoms with Gasteiger partial charge in [-0.25, -0.2) is 4.98 Å². The maximum Gasteiger partial charge on any atom is 0.259 e. The van der Waals surface area contributed by atoms with Crippen molar-refractivity contribution in [2.45, 2.75) is 19.8 Å². The summed E-state index contributed by atoms with van der Waals surface area (Å²) in [6.45, 7) is 2.77. The molecule has 0 aliphatic carbocycles. The van der Waals surface area contributed by atoms with Gasteiger partial charge in [0.25, 0.3) is 5.56 Å². The lowest BCUT2D eigenvalue weighted by atomic mass is 10.1. The first-order valence-corrected chi connectivity index (χ1v) is 8.55. The van der Waals surface area contributed by atoms with Crippen LogP contribution in [0.15, 0.2) is 53.3 Å². The number of nitriles is 1. The van der Waals surface area contributed by atoms with Gasteiger partial charge in [-0.3, -0.25) is 4.79 Å². The summed E-state index contributed by atoms with van der Waals surface area (Å²) in [5.41, 5.74) is 1.40. The highest BCUT2D eigenvalue weighted by Gasteiger charge is 2.08. The number of aromatic amines is 1. The Hall–Kier alpha value is -3.39. The van der Waals surface area contributed by atoms with E-state index in [1.165, 1.54) is 0 Å². The zero-order valence-electron chi connectivity index (χ0n) is 14.5. The molecule has 0 saturated carbocycles. The van der Waals surface area contributed by atoms with E-state index in [4.69, 9.17) is 4.74 Å². The monoisotopic (exact) mass is 345 g/mol. The molecule has 2 aromatic carbocycles. The molecule has 130 valence electrons. The fraction of sp³-hybridized carbons (Fsp3) is 0.190. The summed E-state index contributed by atoms with van der Waals surface area (Å²) in [5, 5.41) is 10.0. The Kier molecular flexibility index (Phi) is 5.45. The number of hydrogen-bond donors (Lipinski definition) is 1. The third-order valence-corrected chi connectivity index (χ3v) is 3.92. The molecule has 5 nitrogen and oxygen atoms in total. The van der Waals surface area contributed by atoms with Crippen LogP contribution in [0.5, 0.6) is 5.75 Å². The molecule has 3 rings (SSSR count). The minimum atomic E-state index is -0.261. The highest BCUT2D eigenvalue weighted by Crippen LogP contribution is 2.19. The van der Waals surface area contributed by atoms with Crippen LogP contribution >= 0.6 is 0 Å². The van der Waals surface area contributed by atoms with E-state index in [0.29, 0.717) is 23.1 Å². The lowest BCUT2D eigenvalue weighted by Crippen LogP contribution is -2.11. The zero-order chi connectivity index (χ0) is 18.4. The molecule has 1 heterocycles. The van der Waals surface area contributed by atoms with Gasteiger partial charge in [0, 0.05) is 0 Å². The largest absolute Gasteiger partial charge is 0.494 e. The standard InChI is InChI=1S/C21H19N3O2/c1-2-3-11-26-17-8-6-7-15(13-17)12-16(14-22)20-23-19-10-5-4-9-18(19)21(25)24-20/h4-10,12-13H,2-3,11H2,1H3,(H,23,24,25)/b16-12-. The average Bonchev–Trinajstić information content (AvgIpc) is 2.66. The van der Waals surface area contributed by atoms with Gasteiger partial charge in [-0.2, -0.15) is 5.26 Å². The highest BCUT2D eigenvalue weighted by atomic mass is 16.5. The number of nitrogens with zero attached hydrogens (tertiary/aromatic N) is 2. The van der Waals surface area contributed by atoms with Crippen molar-refractivity contribution in [2.75, 3.05) is 6.61 Å². The number of aromatic nitrogens is 2. The van der Waals surface area contributed by atoms with Crippen molar-refractivity contribution in [3.63, 3.8) is 0 Å². The van der Waals surface area contributed by atoms with Crippen molar-refractivity contribution in [1.29, 1.82) is 5.26 Å². The number of H-pyrrole nitrogens is 1. The number of unbranched alkanes of at least 4 members (excludes halogenated alkanes) is 1. The normalized spacial score (nSPS) is 11.3. The molecule has 0 atom stereocenters. The molecule has 0 radical (unpaired) electrons. The van der Waals surface area contributed by atoms with Crippen LogP contribution in [0.25, 0.3) is 22.6 Å². The number of rotatable bonds is 6. The third-order valence-electron chi connectivity index (χ3n) is 3.92. The number of allylic oxidation sites excluding steroid dienone is 1. The summed E-state index contributed by atoms with van der Waals surface area (Å²) in [5.74, 6) is 1.01. The first kappa shape index (κ1) is 17.4. The Morgan fingerprint density at radius 2 is 2.12 bits per heavy atom. The summed E-state index contributed by atoms with van der Waals surface area (Å²) in [6.07, 6.45) is 3.75. The van der Waals surface area contributed by atoms with Crippen LogP contribution in [-0.4, -0.2) is 16.6 Å². The number of para-hydroxylation sites is 1. The Bertz CT molecular complexity index is 1040. The first-order valence-electron chi connectivity index (χ1n) is 8.55. The molecule has 0 aliphatic rings. The van der Waals surface area contributed by atoms with Crippen LogP contribution in [0.2, 0.25) is 0 Å². The molecule has 0 amide bonds. The number of fused-ring (bicyclic) bond motifs is 1. The van der Waals surface area contributed by atoms with Crippen molar-refractivity contribution in [2.24, 2.45) is 0 Å². The van der Waals surface area contributed by atoms with E-state index in [0.717, 1.165) is 24.2 Å². The van der Waals surface area contributed by atoms with Gasteiger partial charge < -0.3 is 9.72 Å². The van der Waals surface area contributed by atoms with Crippen molar-refractivity contribution >= 4 is 22.6 Å². The lowest BCUT2D eigenvalue weighted by Gasteiger charge is -2.06. The van der Waals surface area contributed by atoms with Gasteiger partial charge in [0.2, 0.25) is 0 Å². The maximum atomic E-state index is 12.2. The quantitative estimate of drug-likeness (QED) is 0.537. The minimum absolute atomic E-state index is 0.258. The predicted octanol–water partition coefficient (Wildman–Crippen LogP) is 4.17. The molecule has 1 N–H and O–H groups in total. The topological polar surface area (TPSA) is 78.8 Å². The molecule has 1 aromatic heterocycles. The predicted molar refractivity (Wildman–Crippen MR) is 103 cm³/mol. The van der Waals surface area contributed by atoms with Crippen molar-refractivity contribution in [3.05, 3.63) is 70.3 Å². The van der Waals surface area contributed by atoms with Gasteiger partial charge in [0.05, 0.1) is 23.1 Å². The molecule has 0 saturated heterocycles. The van der Waals surface area contributed by atoms with Gasteiger partial charge in [0.15, 0.2) is 5.82 Å². The van der Waals surface area contributed by atoms with E-state index in [1.54, 1.807) is 24.3 Å². The molecule has 0 spiro atoms. The second-order valence-electron chi connectivity index (χ2n) is 5.88. The van der Waals surface area contributed by atoms with Crippen LogP contribution in [0.4, 0.5) is 0 Å². The number of nitrogens with one attached hydrogen (secondary N) is 1. The molecule has 3 aromatic rings. The van der Waals surface area contributed by atoms with Crippen LogP contribution in [0.1, 0.15) is 31.2 Å². The van der Waals surface area contributed by atoms with Crippen molar-refractivity contribution in [3.8, 4) is 11.8 Å². The van der Waals surface area contributed by atoms with Crippen LogP contribution in [-0.2, 0) is 0 Å². The fourth-order valence-electron chi connectivity index (χ4n) is 2.56. The summed E-state index contributed by atoms with van der Waals surface area (Å²) < 4.78 is 5.70. The molecule has 0 unspecified atom stereocenters. The van der Waals surface area contributed by atoms with Crippen LogP contribution in [0, 0.1) is 11.3 Å². The second kappa shape index (κ2) is 8.13. The van der Waals surface area contributed by atoms with Gasteiger partial charge >= 0.3 is 0 Å². The number of hydrogen-bond acceptors (Lipinski definition) is 4. The molecule has 0 aliphatic heterocycles. The lowest BCUT2D eigenvalue weighted by molar-refractivity contribution is 0.309. The van der Waals surface area contributed by atoms with Gasteiger partial charge in [0.1, 0.15) is 11.8 Å². The summed E-state index contributed by atoms with van der Waals surface area (Å²) in [7, 11) is 0. The molecular weight excluding hydrogens is 326 g/mol. The smallest absolute Gasteiger partial charge is 0.259 e. The van der Waals surface area contributed by atoms with Crippen molar-refractivity contribution < 1.29 is 4.74 Å².